The molecule has 0 aliphatic heterocycles. The van der Waals surface area contributed by atoms with Gasteiger partial charge in [0.05, 0.1) is 7.05 Å². The standard InChI is InChI=1S/C14H23N3O4/c1-11-16(5)6-7-17(11)8-9-20-12(18)10-15-13(19)21-14(2,3)4/h6-7H,8-10H2,1-5H3/p+1. The maximum atomic E-state index is 11.5. The molecule has 0 saturated heterocycles. The van der Waals surface area contributed by atoms with Gasteiger partial charge in [-0.05, 0) is 20.8 Å². The minimum atomic E-state index is -0.632. The summed E-state index contributed by atoms with van der Waals surface area (Å²) in [6, 6.07) is 0. The first kappa shape index (κ1) is 17.0. The molecule has 118 valence electrons. The van der Waals surface area contributed by atoms with Crippen LogP contribution in [0.1, 0.15) is 26.6 Å². The molecule has 1 rings (SSSR count). The van der Waals surface area contributed by atoms with Crippen molar-refractivity contribution in [2.75, 3.05) is 13.2 Å². The van der Waals surface area contributed by atoms with Crippen LogP contribution in [0.4, 0.5) is 4.79 Å². The van der Waals surface area contributed by atoms with Crippen molar-refractivity contribution in [3.05, 3.63) is 18.2 Å². The third-order valence-corrected chi connectivity index (χ3v) is 2.77. The van der Waals surface area contributed by atoms with E-state index in [0.29, 0.717) is 6.54 Å². The molecular formula is C14H24N3O4+. The summed E-state index contributed by atoms with van der Waals surface area (Å²) >= 11 is 0. The molecule has 0 unspecified atom stereocenters. The molecule has 0 bridgehead atoms. The van der Waals surface area contributed by atoms with Gasteiger partial charge >= 0.3 is 12.1 Å². The first-order chi connectivity index (χ1) is 9.69. The van der Waals surface area contributed by atoms with E-state index in [-0.39, 0.29) is 13.2 Å². The highest BCUT2D eigenvalue weighted by atomic mass is 16.6. The Morgan fingerprint density at radius 3 is 2.57 bits per heavy atom. The molecular weight excluding hydrogens is 274 g/mol. The number of nitrogens with zero attached hydrogens (tertiary/aromatic N) is 2. The lowest BCUT2D eigenvalue weighted by atomic mass is 10.2. The summed E-state index contributed by atoms with van der Waals surface area (Å²) in [6.07, 6.45) is 3.22. The Morgan fingerprint density at radius 2 is 2.05 bits per heavy atom. The van der Waals surface area contributed by atoms with Crippen molar-refractivity contribution in [1.29, 1.82) is 0 Å². The summed E-state index contributed by atoms with van der Waals surface area (Å²) in [4.78, 5) is 22.8. The lowest BCUT2D eigenvalue weighted by molar-refractivity contribution is -0.677. The molecule has 1 N–H and O–H groups in total. The number of aryl methyl sites for hydroxylation is 1. The van der Waals surface area contributed by atoms with Crippen molar-refractivity contribution in [1.82, 2.24) is 9.88 Å². The maximum absolute atomic E-state index is 11.5. The molecule has 0 aliphatic rings. The van der Waals surface area contributed by atoms with Gasteiger partial charge in [0.25, 0.3) is 5.82 Å². The van der Waals surface area contributed by atoms with E-state index in [2.05, 4.69) is 5.32 Å². The van der Waals surface area contributed by atoms with Gasteiger partial charge in [-0.2, -0.15) is 0 Å². The van der Waals surface area contributed by atoms with Gasteiger partial charge in [0, 0.05) is 6.92 Å². The van der Waals surface area contributed by atoms with Gasteiger partial charge in [0.15, 0.2) is 0 Å². The Hall–Kier alpha value is -2.05. The fourth-order valence-electron chi connectivity index (χ4n) is 1.60. The molecule has 7 nitrogen and oxygen atoms in total. The maximum Gasteiger partial charge on any atom is 0.408 e. The summed E-state index contributed by atoms with van der Waals surface area (Å²) < 4.78 is 14.0. The van der Waals surface area contributed by atoms with Gasteiger partial charge in [-0.1, -0.05) is 0 Å². The van der Waals surface area contributed by atoms with Gasteiger partial charge < -0.3 is 14.8 Å². The van der Waals surface area contributed by atoms with Crippen LogP contribution in [0.15, 0.2) is 12.4 Å². The van der Waals surface area contributed by atoms with Gasteiger partial charge in [-0.15, -0.1) is 0 Å². The fraction of sp³-hybridized carbons (Fsp3) is 0.643. The van der Waals surface area contributed by atoms with E-state index in [1.807, 2.05) is 35.5 Å². The SMILES string of the molecule is Cc1n(CCOC(=O)CNC(=O)OC(C)(C)C)cc[n+]1C. The predicted octanol–water partition coefficient (Wildman–Crippen LogP) is 0.689. The first-order valence-electron chi connectivity index (χ1n) is 6.83. The monoisotopic (exact) mass is 298 g/mol. The number of hydrogen-bond acceptors (Lipinski definition) is 4. The number of ether oxygens (including phenoxy) is 2. The normalized spacial score (nSPS) is 11.1. The number of esters is 1. The van der Waals surface area contributed by atoms with Crippen LogP contribution in [0.3, 0.4) is 0 Å². The van der Waals surface area contributed by atoms with Crippen molar-refractivity contribution < 1.29 is 23.6 Å². The number of carbonyl (C=O) groups is 2. The zero-order valence-corrected chi connectivity index (χ0v) is 13.3. The number of amides is 1. The van der Waals surface area contributed by atoms with Crippen molar-refractivity contribution in [3.8, 4) is 0 Å². The molecule has 0 aliphatic carbocycles. The van der Waals surface area contributed by atoms with Crippen molar-refractivity contribution >= 4 is 12.1 Å². The molecule has 1 aromatic rings. The molecule has 1 amide bonds. The largest absolute Gasteiger partial charge is 0.460 e. The van der Waals surface area contributed by atoms with E-state index in [0.717, 1.165) is 5.82 Å². The Morgan fingerprint density at radius 1 is 1.38 bits per heavy atom. The van der Waals surface area contributed by atoms with Crippen LogP contribution in [-0.4, -0.2) is 35.4 Å². The minimum Gasteiger partial charge on any atom is -0.460 e. The third-order valence-electron chi connectivity index (χ3n) is 2.77. The first-order valence-corrected chi connectivity index (χ1v) is 6.83. The van der Waals surface area contributed by atoms with E-state index in [9.17, 15) is 9.59 Å². The van der Waals surface area contributed by atoms with Crippen LogP contribution in [0.2, 0.25) is 0 Å². The van der Waals surface area contributed by atoms with Crippen LogP contribution in [0.5, 0.6) is 0 Å². The Balaban J connectivity index is 2.23. The van der Waals surface area contributed by atoms with Crippen molar-refractivity contribution in [2.45, 2.75) is 39.8 Å². The topological polar surface area (TPSA) is 73.4 Å². The van der Waals surface area contributed by atoms with Crippen LogP contribution in [0.25, 0.3) is 0 Å². The molecule has 0 aromatic carbocycles. The molecule has 0 saturated carbocycles. The van der Waals surface area contributed by atoms with E-state index < -0.39 is 17.7 Å². The number of hydrogen-bond donors (Lipinski definition) is 1. The van der Waals surface area contributed by atoms with Gasteiger partial charge in [-0.25, -0.2) is 13.9 Å². The number of nitrogens with one attached hydrogen (secondary N) is 1. The summed E-state index contributed by atoms with van der Waals surface area (Å²) in [6.45, 7) is 7.87. The molecule has 0 fully saturated rings. The number of alkyl carbamates (subject to hydrolysis) is 1. The zero-order chi connectivity index (χ0) is 16.0. The van der Waals surface area contributed by atoms with Gasteiger partial charge in [0.2, 0.25) is 0 Å². The molecule has 1 heterocycles. The van der Waals surface area contributed by atoms with Crippen molar-refractivity contribution in [3.63, 3.8) is 0 Å². The highest BCUT2D eigenvalue weighted by Crippen LogP contribution is 2.06. The second-order valence-corrected chi connectivity index (χ2v) is 5.73. The van der Waals surface area contributed by atoms with Gasteiger partial charge in [0.1, 0.15) is 37.7 Å². The molecule has 1 aromatic heterocycles. The summed E-state index contributed by atoms with van der Waals surface area (Å²) in [5.74, 6) is 0.577. The summed E-state index contributed by atoms with van der Waals surface area (Å²) in [5, 5.41) is 2.36. The minimum absolute atomic E-state index is 0.201. The highest BCUT2D eigenvalue weighted by Gasteiger charge is 2.17. The molecule has 0 radical (unpaired) electrons. The number of rotatable bonds is 5. The van der Waals surface area contributed by atoms with Gasteiger partial charge in [-0.3, -0.25) is 4.79 Å². The average Bonchev–Trinajstić information content (AvgIpc) is 2.66. The fourth-order valence-corrected chi connectivity index (χ4v) is 1.60. The van der Waals surface area contributed by atoms with E-state index in [4.69, 9.17) is 9.47 Å². The van der Waals surface area contributed by atoms with E-state index in [1.165, 1.54) is 0 Å². The lowest BCUT2D eigenvalue weighted by Crippen LogP contribution is -2.36. The highest BCUT2D eigenvalue weighted by molar-refractivity contribution is 5.77. The lowest BCUT2D eigenvalue weighted by Gasteiger charge is -2.19. The molecule has 0 spiro atoms. The quantitative estimate of drug-likeness (QED) is 0.641. The zero-order valence-electron chi connectivity index (χ0n) is 13.3. The Labute approximate surface area is 124 Å². The van der Waals surface area contributed by atoms with E-state index >= 15 is 0 Å². The van der Waals surface area contributed by atoms with Crippen LogP contribution < -0.4 is 9.88 Å². The second kappa shape index (κ2) is 7.10. The third kappa shape index (κ3) is 6.29. The second-order valence-electron chi connectivity index (χ2n) is 5.73. The summed E-state index contributed by atoms with van der Waals surface area (Å²) in [5.41, 5.74) is -0.588. The van der Waals surface area contributed by atoms with Crippen LogP contribution >= 0.6 is 0 Å². The summed E-state index contributed by atoms with van der Waals surface area (Å²) in [7, 11) is 1.95. The molecule has 0 atom stereocenters. The molecule has 7 heteroatoms. The van der Waals surface area contributed by atoms with E-state index in [1.54, 1.807) is 20.8 Å². The molecule has 21 heavy (non-hydrogen) atoms. The Bertz CT molecular complexity index is 503. The number of carbonyl (C=O) groups excluding carboxylic acids is 2. The Kier molecular flexibility index (Phi) is 5.75. The van der Waals surface area contributed by atoms with Crippen LogP contribution in [-0.2, 0) is 27.9 Å². The predicted molar refractivity (Wildman–Crippen MR) is 75.5 cm³/mol. The smallest absolute Gasteiger partial charge is 0.408 e. The van der Waals surface area contributed by atoms with Crippen molar-refractivity contribution in [2.24, 2.45) is 7.05 Å². The number of imidazole rings is 1. The average molecular weight is 298 g/mol. The van der Waals surface area contributed by atoms with Crippen LogP contribution in [0, 0.1) is 6.92 Å². The number of aromatic nitrogens is 2.